The molecule has 0 bridgehead atoms. The molecule has 8 nitrogen and oxygen atoms in total. The minimum absolute atomic E-state index is 0.204. The van der Waals surface area contributed by atoms with Crippen LogP contribution in [-0.4, -0.2) is 29.7 Å². The van der Waals surface area contributed by atoms with Crippen LogP contribution in [0, 0.1) is 11.3 Å². The molecule has 0 spiro atoms. The minimum atomic E-state index is -0.623. The van der Waals surface area contributed by atoms with Gasteiger partial charge in [0.2, 0.25) is 0 Å². The van der Waals surface area contributed by atoms with Crippen molar-refractivity contribution in [3.8, 4) is 28.7 Å². The van der Waals surface area contributed by atoms with Gasteiger partial charge >= 0.3 is 5.97 Å². The molecular formula is C32H22Cl2N4O4. The second-order valence-corrected chi connectivity index (χ2v) is 9.72. The summed E-state index contributed by atoms with van der Waals surface area (Å²) < 4.78 is 11.2. The number of hydrogen-bond donors (Lipinski definition) is 2. The third-order valence-electron chi connectivity index (χ3n) is 6.27. The highest BCUT2D eigenvalue weighted by atomic mass is 35.5. The number of amides is 1. The van der Waals surface area contributed by atoms with E-state index in [0.717, 1.165) is 0 Å². The fraction of sp³-hybridized carbons (Fsp3) is 0.0625. The largest absolute Gasteiger partial charge is 0.490 e. The highest BCUT2D eigenvalue weighted by molar-refractivity contribution is 6.34. The van der Waals surface area contributed by atoms with Crippen LogP contribution in [0.5, 0.6) is 11.5 Å². The Bertz CT molecular complexity index is 1890. The molecule has 1 aromatic heterocycles. The van der Waals surface area contributed by atoms with E-state index in [-0.39, 0.29) is 22.0 Å². The van der Waals surface area contributed by atoms with Crippen LogP contribution in [-0.2, 0) is 0 Å². The molecule has 1 amide bonds. The van der Waals surface area contributed by atoms with E-state index in [4.69, 9.17) is 32.7 Å². The molecule has 208 valence electrons. The second-order valence-electron chi connectivity index (χ2n) is 8.90. The van der Waals surface area contributed by atoms with Crippen molar-refractivity contribution in [3.63, 3.8) is 0 Å². The number of hydrazone groups is 1. The summed E-state index contributed by atoms with van der Waals surface area (Å²) in [5.41, 5.74) is 5.65. The summed E-state index contributed by atoms with van der Waals surface area (Å²) in [6.45, 7) is 2.12. The standard InChI is InChI=1S/C32H22Cl2N4O4/c1-2-41-27-16-19(14-15-26(27)42-32(40)22-10-4-6-13-25(22)34)18-36-38-31(39)30-28(21-9-3-5-12-24(21)33)23-11-7-8-20(17-35)29(23)37-30/h3-16,18,37H,2H2,1H3,(H,38,39). The van der Waals surface area contributed by atoms with Crippen molar-refractivity contribution in [3.05, 3.63) is 117 Å². The van der Waals surface area contributed by atoms with Crippen molar-refractivity contribution in [1.82, 2.24) is 10.4 Å². The van der Waals surface area contributed by atoms with Crippen molar-refractivity contribution in [2.45, 2.75) is 6.92 Å². The fourth-order valence-electron chi connectivity index (χ4n) is 4.39. The van der Waals surface area contributed by atoms with Gasteiger partial charge in [-0.15, -0.1) is 0 Å². The normalized spacial score (nSPS) is 10.9. The monoisotopic (exact) mass is 596 g/mol. The number of nitriles is 1. The van der Waals surface area contributed by atoms with Crippen LogP contribution >= 0.6 is 23.2 Å². The van der Waals surface area contributed by atoms with Crippen LogP contribution in [0.1, 0.15) is 38.9 Å². The summed E-state index contributed by atoms with van der Waals surface area (Å²) in [5, 5.41) is 15.1. The SMILES string of the molecule is CCOc1cc(C=NNC(=O)c2[nH]c3c(C#N)cccc3c2-c2ccccc2Cl)ccc1OC(=O)c1ccccc1Cl. The third kappa shape index (κ3) is 5.84. The number of esters is 1. The first-order chi connectivity index (χ1) is 20.4. The number of aromatic nitrogens is 1. The summed E-state index contributed by atoms with van der Waals surface area (Å²) >= 11 is 12.6. The summed E-state index contributed by atoms with van der Waals surface area (Å²) in [5.74, 6) is -0.633. The van der Waals surface area contributed by atoms with Gasteiger partial charge < -0.3 is 14.5 Å². The Kier molecular flexibility index (Phi) is 8.53. The molecule has 5 rings (SSSR count). The Balaban J connectivity index is 1.40. The van der Waals surface area contributed by atoms with Gasteiger partial charge in [-0.1, -0.05) is 65.7 Å². The summed E-state index contributed by atoms with van der Waals surface area (Å²) in [6.07, 6.45) is 1.43. The van der Waals surface area contributed by atoms with E-state index in [2.05, 4.69) is 21.6 Å². The number of nitrogens with zero attached hydrogens (tertiary/aromatic N) is 2. The Labute approximate surface area is 251 Å². The molecule has 0 aliphatic carbocycles. The van der Waals surface area contributed by atoms with Crippen molar-refractivity contribution < 1.29 is 19.1 Å². The zero-order valence-corrected chi connectivity index (χ0v) is 23.7. The van der Waals surface area contributed by atoms with E-state index in [1.165, 1.54) is 6.21 Å². The molecule has 10 heteroatoms. The smallest absolute Gasteiger partial charge is 0.345 e. The molecule has 0 unspecified atom stereocenters. The lowest BCUT2D eigenvalue weighted by atomic mass is 10.0. The van der Waals surface area contributed by atoms with E-state index >= 15 is 0 Å². The zero-order valence-electron chi connectivity index (χ0n) is 22.2. The van der Waals surface area contributed by atoms with E-state index in [1.807, 2.05) is 12.1 Å². The molecular weight excluding hydrogens is 575 g/mol. The molecule has 0 saturated carbocycles. The van der Waals surface area contributed by atoms with E-state index in [0.29, 0.717) is 50.5 Å². The number of carbonyl (C=O) groups excluding carboxylic acids is 2. The van der Waals surface area contributed by atoms with Gasteiger partial charge in [0.1, 0.15) is 11.8 Å². The lowest BCUT2D eigenvalue weighted by Gasteiger charge is -2.12. The van der Waals surface area contributed by atoms with Crippen LogP contribution < -0.4 is 14.9 Å². The van der Waals surface area contributed by atoms with Crippen LogP contribution in [0.4, 0.5) is 0 Å². The number of aromatic amines is 1. The molecule has 0 saturated heterocycles. The summed E-state index contributed by atoms with van der Waals surface area (Å²) in [4.78, 5) is 29.1. The third-order valence-corrected chi connectivity index (χ3v) is 6.93. The molecule has 0 radical (unpaired) electrons. The molecule has 0 aliphatic rings. The Hall–Kier alpha value is -5.10. The highest BCUT2D eigenvalue weighted by Crippen LogP contribution is 2.37. The number of carbonyl (C=O) groups is 2. The Morgan fingerprint density at radius 2 is 1.74 bits per heavy atom. The number of H-pyrrole nitrogens is 1. The molecule has 0 atom stereocenters. The number of nitrogens with one attached hydrogen (secondary N) is 2. The second kappa shape index (κ2) is 12.6. The van der Waals surface area contributed by atoms with Crippen molar-refractivity contribution in [2.75, 3.05) is 6.61 Å². The van der Waals surface area contributed by atoms with Gasteiger partial charge in [-0.05, 0) is 55.0 Å². The van der Waals surface area contributed by atoms with Crippen LogP contribution in [0.15, 0.2) is 90.0 Å². The number of rotatable bonds is 8. The lowest BCUT2D eigenvalue weighted by Crippen LogP contribution is -2.19. The average Bonchev–Trinajstić information content (AvgIpc) is 3.39. The van der Waals surface area contributed by atoms with Crippen molar-refractivity contribution in [2.24, 2.45) is 5.10 Å². The van der Waals surface area contributed by atoms with E-state index in [1.54, 1.807) is 79.7 Å². The number of fused-ring (bicyclic) bond motifs is 1. The number of benzene rings is 4. The highest BCUT2D eigenvalue weighted by Gasteiger charge is 2.22. The quantitative estimate of drug-likeness (QED) is 0.0837. The summed E-state index contributed by atoms with van der Waals surface area (Å²) in [7, 11) is 0. The first-order valence-corrected chi connectivity index (χ1v) is 13.5. The van der Waals surface area contributed by atoms with Gasteiger partial charge in [0.25, 0.3) is 5.91 Å². The van der Waals surface area contributed by atoms with Crippen LogP contribution in [0.25, 0.3) is 22.0 Å². The van der Waals surface area contributed by atoms with Crippen LogP contribution in [0.3, 0.4) is 0 Å². The van der Waals surface area contributed by atoms with Gasteiger partial charge in [-0.3, -0.25) is 4.79 Å². The lowest BCUT2D eigenvalue weighted by molar-refractivity contribution is 0.0728. The molecule has 4 aromatic carbocycles. The molecule has 0 aliphatic heterocycles. The van der Waals surface area contributed by atoms with Crippen molar-refractivity contribution in [1.29, 1.82) is 5.26 Å². The first kappa shape index (κ1) is 28.4. The Morgan fingerprint density at radius 1 is 0.976 bits per heavy atom. The maximum atomic E-state index is 13.3. The predicted octanol–water partition coefficient (Wildman–Crippen LogP) is 7.40. The first-order valence-electron chi connectivity index (χ1n) is 12.8. The molecule has 1 heterocycles. The molecule has 42 heavy (non-hydrogen) atoms. The van der Waals surface area contributed by atoms with Gasteiger partial charge in [-0.2, -0.15) is 10.4 Å². The van der Waals surface area contributed by atoms with E-state index in [9.17, 15) is 14.9 Å². The van der Waals surface area contributed by atoms with Crippen molar-refractivity contribution >= 4 is 52.2 Å². The molecule has 5 aromatic rings. The number of hydrogen-bond acceptors (Lipinski definition) is 6. The maximum Gasteiger partial charge on any atom is 0.345 e. The van der Waals surface area contributed by atoms with Gasteiger partial charge in [0.15, 0.2) is 11.5 Å². The Morgan fingerprint density at radius 3 is 2.48 bits per heavy atom. The van der Waals surface area contributed by atoms with Gasteiger partial charge in [0, 0.05) is 21.5 Å². The number of para-hydroxylation sites is 1. The van der Waals surface area contributed by atoms with Gasteiger partial charge in [0.05, 0.1) is 34.5 Å². The summed E-state index contributed by atoms with van der Waals surface area (Å²) in [6, 6.07) is 26.0. The van der Waals surface area contributed by atoms with E-state index < -0.39 is 11.9 Å². The maximum absolute atomic E-state index is 13.3. The van der Waals surface area contributed by atoms with Crippen LogP contribution in [0.2, 0.25) is 10.0 Å². The fourth-order valence-corrected chi connectivity index (χ4v) is 4.83. The number of ether oxygens (including phenoxy) is 2. The minimum Gasteiger partial charge on any atom is -0.490 e. The topological polar surface area (TPSA) is 117 Å². The average molecular weight is 597 g/mol. The number of halogens is 2. The molecule has 0 fully saturated rings. The molecule has 2 N–H and O–H groups in total. The zero-order chi connectivity index (χ0) is 29.6. The van der Waals surface area contributed by atoms with Gasteiger partial charge in [-0.25, -0.2) is 10.2 Å². The predicted molar refractivity (Wildman–Crippen MR) is 163 cm³/mol.